The summed E-state index contributed by atoms with van der Waals surface area (Å²) in [6, 6.07) is 9.16. The van der Waals surface area contributed by atoms with E-state index in [1.54, 1.807) is 12.1 Å². The van der Waals surface area contributed by atoms with Crippen molar-refractivity contribution in [3.63, 3.8) is 0 Å². The monoisotopic (exact) mass is 317 g/mol. The van der Waals surface area contributed by atoms with Crippen molar-refractivity contribution in [3.05, 3.63) is 30.3 Å². The molecule has 1 aliphatic rings. The molecule has 1 saturated carbocycles. The van der Waals surface area contributed by atoms with Crippen LogP contribution in [0.1, 0.15) is 46.5 Å². The summed E-state index contributed by atoms with van der Waals surface area (Å²) in [6.45, 7) is 6.55. The summed E-state index contributed by atoms with van der Waals surface area (Å²) in [4.78, 5) is 23.9. The molecule has 1 fully saturated rings. The van der Waals surface area contributed by atoms with Crippen LogP contribution in [0.2, 0.25) is 0 Å². The number of esters is 1. The molecule has 1 N–H and O–H groups in total. The Labute approximate surface area is 138 Å². The van der Waals surface area contributed by atoms with E-state index in [9.17, 15) is 9.59 Å². The van der Waals surface area contributed by atoms with E-state index < -0.39 is 0 Å². The number of benzene rings is 1. The highest BCUT2D eigenvalue weighted by molar-refractivity contribution is 5.92. The van der Waals surface area contributed by atoms with E-state index in [-0.39, 0.29) is 24.4 Å². The van der Waals surface area contributed by atoms with Gasteiger partial charge in [0.15, 0.2) is 6.61 Å². The van der Waals surface area contributed by atoms with Crippen molar-refractivity contribution >= 4 is 17.6 Å². The number of nitrogens with one attached hydrogen (secondary N) is 1. The molecule has 0 saturated heterocycles. The standard InChI is InChI=1S/C19H27NO3/c1-19(2,3)15-11-9-14(10-12-15)18(22)23-13-17(21)20-16-7-5-4-6-8-16/h4-8,14-15H,9-13H2,1-3H3,(H,20,21). The van der Waals surface area contributed by atoms with Crippen molar-refractivity contribution in [2.75, 3.05) is 11.9 Å². The van der Waals surface area contributed by atoms with E-state index >= 15 is 0 Å². The molecule has 0 aliphatic heterocycles. The minimum Gasteiger partial charge on any atom is -0.455 e. The second kappa shape index (κ2) is 7.62. The van der Waals surface area contributed by atoms with E-state index in [2.05, 4.69) is 26.1 Å². The molecule has 2 rings (SSSR count). The molecule has 0 aromatic heterocycles. The topological polar surface area (TPSA) is 55.4 Å². The van der Waals surface area contributed by atoms with Crippen molar-refractivity contribution in [2.24, 2.45) is 17.3 Å². The quantitative estimate of drug-likeness (QED) is 0.853. The third-order valence-electron chi connectivity index (χ3n) is 4.69. The van der Waals surface area contributed by atoms with Crippen molar-refractivity contribution in [2.45, 2.75) is 46.5 Å². The number of para-hydroxylation sites is 1. The van der Waals surface area contributed by atoms with Crippen LogP contribution in [0, 0.1) is 17.3 Å². The van der Waals surface area contributed by atoms with Gasteiger partial charge in [-0.25, -0.2) is 0 Å². The molecule has 4 heteroatoms. The van der Waals surface area contributed by atoms with Gasteiger partial charge in [0.25, 0.3) is 5.91 Å². The molecule has 4 nitrogen and oxygen atoms in total. The van der Waals surface area contributed by atoms with Gasteiger partial charge in [0, 0.05) is 5.69 Å². The summed E-state index contributed by atoms with van der Waals surface area (Å²) in [5.74, 6) is 0.0690. The molecule has 0 radical (unpaired) electrons. The van der Waals surface area contributed by atoms with Crippen molar-refractivity contribution in [1.82, 2.24) is 0 Å². The highest BCUT2D eigenvalue weighted by atomic mass is 16.5. The zero-order valence-corrected chi connectivity index (χ0v) is 14.3. The lowest BCUT2D eigenvalue weighted by Gasteiger charge is -2.36. The van der Waals surface area contributed by atoms with Crippen molar-refractivity contribution in [3.8, 4) is 0 Å². The van der Waals surface area contributed by atoms with E-state index in [1.807, 2.05) is 18.2 Å². The molecule has 1 amide bonds. The smallest absolute Gasteiger partial charge is 0.309 e. The first kappa shape index (κ1) is 17.5. The Morgan fingerprint density at radius 1 is 1.09 bits per heavy atom. The summed E-state index contributed by atoms with van der Waals surface area (Å²) in [7, 11) is 0. The summed E-state index contributed by atoms with van der Waals surface area (Å²) in [6.07, 6.45) is 3.83. The predicted octanol–water partition coefficient (Wildman–Crippen LogP) is 4.02. The number of carbonyl (C=O) groups excluding carboxylic acids is 2. The van der Waals surface area contributed by atoms with Gasteiger partial charge in [-0.3, -0.25) is 9.59 Å². The van der Waals surface area contributed by atoms with Crippen molar-refractivity contribution < 1.29 is 14.3 Å². The molecule has 1 aromatic rings. The first-order valence-corrected chi connectivity index (χ1v) is 8.38. The minimum atomic E-state index is -0.298. The van der Waals surface area contributed by atoms with E-state index in [0.29, 0.717) is 17.0 Å². The van der Waals surface area contributed by atoms with Gasteiger partial charge in [-0.15, -0.1) is 0 Å². The molecule has 23 heavy (non-hydrogen) atoms. The van der Waals surface area contributed by atoms with Gasteiger partial charge in [-0.05, 0) is 49.1 Å². The summed E-state index contributed by atoms with van der Waals surface area (Å²) in [5.41, 5.74) is 1.00. The summed E-state index contributed by atoms with van der Waals surface area (Å²) >= 11 is 0. The maximum absolute atomic E-state index is 12.1. The maximum Gasteiger partial charge on any atom is 0.309 e. The Hall–Kier alpha value is -1.84. The lowest BCUT2D eigenvalue weighted by atomic mass is 9.70. The molecule has 1 aliphatic carbocycles. The molecule has 1 aromatic carbocycles. The number of anilines is 1. The Morgan fingerprint density at radius 2 is 1.70 bits per heavy atom. The molecule has 126 valence electrons. The fourth-order valence-corrected chi connectivity index (χ4v) is 3.17. The summed E-state index contributed by atoms with van der Waals surface area (Å²) < 4.78 is 5.19. The SMILES string of the molecule is CC(C)(C)C1CCC(C(=O)OCC(=O)Nc2ccccc2)CC1. The molecule has 0 heterocycles. The van der Waals surface area contributed by atoms with Crippen LogP contribution in [0.3, 0.4) is 0 Å². The van der Waals surface area contributed by atoms with E-state index in [4.69, 9.17) is 4.74 Å². The van der Waals surface area contributed by atoms with Gasteiger partial charge in [-0.2, -0.15) is 0 Å². The van der Waals surface area contributed by atoms with Gasteiger partial charge in [0.05, 0.1) is 5.92 Å². The lowest BCUT2D eigenvalue weighted by Crippen LogP contribution is -2.31. The maximum atomic E-state index is 12.1. The van der Waals surface area contributed by atoms with Crippen LogP contribution >= 0.6 is 0 Å². The fourth-order valence-electron chi connectivity index (χ4n) is 3.17. The second-order valence-electron chi connectivity index (χ2n) is 7.44. The van der Waals surface area contributed by atoms with Crippen LogP contribution in [0.25, 0.3) is 0 Å². The van der Waals surface area contributed by atoms with Crippen LogP contribution in [0.4, 0.5) is 5.69 Å². The number of hydrogen-bond acceptors (Lipinski definition) is 3. The van der Waals surface area contributed by atoms with Gasteiger partial charge in [0.2, 0.25) is 0 Å². The van der Waals surface area contributed by atoms with Crippen LogP contribution in [-0.4, -0.2) is 18.5 Å². The van der Waals surface area contributed by atoms with Gasteiger partial charge >= 0.3 is 5.97 Å². The number of amides is 1. The number of carbonyl (C=O) groups is 2. The zero-order chi connectivity index (χ0) is 16.9. The van der Waals surface area contributed by atoms with Crippen LogP contribution < -0.4 is 5.32 Å². The Morgan fingerprint density at radius 3 is 2.26 bits per heavy atom. The third kappa shape index (κ3) is 5.38. The zero-order valence-electron chi connectivity index (χ0n) is 14.3. The molecule has 0 unspecified atom stereocenters. The average Bonchev–Trinajstić information content (AvgIpc) is 2.53. The molecular formula is C19H27NO3. The highest BCUT2D eigenvalue weighted by Gasteiger charge is 2.33. The number of hydrogen-bond donors (Lipinski definition) is 1. The fraction of sp³-hybridized carbons (Fsp3) is 0.579. The largest absolute Gasteiger partial charge is 0.455 e. The van der Waals surface area contributed by atoms with Crippen LogP contribution in [0.15, 0.2) is 30.3 Å². The van der Waals surface area contributed by atoms with Gasteiger partial charge < -0.3 is 10.1 Å². The van der Waals surface area contributed by atoms with E-state index in [0.717, 1.165) is 25.7 Å². The highest BCUT2D eigenvalue weighted by Crippen LogP contribution is 2.40. The molecule has 0 spiro atoms. The summed E-state index contributed by atoms with van der Waals surface area (Å²) in [5, 5.41) is 2.71. The Kier molecular flexibility index (Phi) is 5.80. The van der Waals surface area contributed by atoms with Gasteiger partial charge in [0.1, 0.15) is 0 Å². The Balaban J connectivity index is 1.72. The van der Waals surface area contributed by atoms with Gasteiger partial charge in [-0.1, -0.05) is 39.0 Å². The Bertz CT molecular complexity index is 525. The van der Waals surface area contributed by atoms with Crippen molar-refractivity contribution in [1.29, 1.82) is 0 Å². The molecule has 0 bridgehead atoms. The predicted molar refractivity (Wildman–Crippen MR) is 90.9 cm³/mol. The lowest BCUT2D eigenvalue weighted by molar-refractivity contribution is -0.153. The third-order valence-corrected chi connectivity index (χ3v) is 4.69. The van der Waals surface area contributed by atoms with Crippen LogP contribution in [0.5, 0.6) is 0 Å². The second-order valence-corrected chi connectivity index (χ2v) is 7.44. The number of rotatable bonds is 4. The molecule has 0 atom stereocenters. The van der Waals surface area contributed by atoms with E-state index in [1.165, 1.54) is 0 Å². The molecular weight excluding hydrogens is 290 g/mol. The normalized spacial score (nSPS) is 21.5. The number of ether oxygens (including phenoxy) is 1. The first-order chi connectivity index (χ1) is 10.9. The minimum absolute atomic E-state index is 0.0573. The van der Waals surface area contributed by atoms with Crippen LogP contribution in [-0.2, 0) is 14.3 Å². The average molecular weight is 317 g/mol. The first-order valence-electron chi connectivity index (χ1n) is 8.38.